The van der Waals surface area contributed by atoms with Gasteiger partial charge in [0.2, 0.25) is 0 Å². The van der Waals surface area contributed by atoms with Gasteiger partial charge in [0, 0.05) is 34.8 Å². The summed E-state index contributed by atoms with van der Waals surface area (Å²) in [6.45, 7) is 0.963. The lowest BCUT2D eigenvalue weighted by molar-refractivity contribution is 0.102. The summed E-state index contributed by atoms with van der Waals surface area (Å²) in [7, 11) is 0. The van der Waals surface area contributed by atoms with Crippen LogP contribution in [0.2, 0.25) is 5.02 Å². The zero-order chi connectivity index (χ0) is 17.2. The summed E-state index contributed by atoms with van der Waals surface area (Å²) in [5, 5.41) is 12.0. The number of hydrogen-bond donors (Lipinski definition) is 1. The summed E-state index contributed by atoms with van der Waals surface area (Å²) in [5.41, 5.74) is 2.26. The molecule has 1 amide bonds. The molecule has 3 aromatic rings. The van der Waals surface area contributed by atoms with Gasteiger partial charge in [-0.15, -0.1) is 10.2 Å². The van der Waals surface area contributed by atoms with E-state index < -0.39 is 0 Å². The maximum atomic E-state index is 12.3. The van der Waals surface area contributed by atoms with Gasteiger partial charge >= 0.3 is 0 Å². The lowest BCUT2D eigenvalue weighted by atomic mass is 10.1. The van der Waals surface area contributed by atoms with E-state index in [0.29, 0.717) is 10.6 Å². The van der Waals surface area contributed by atoms with E-state index in [-0.39, 0.29) is 5.91 Å². The first-order chi connectivity index (χ1) is 12.2. The molecule has 1 N–H and O–H groups in total. The third-order valence-corrected chi connectivity index (χ3v) is 4.58. The van der Waals surface area contributed by atoms with E-state index in [1.165, 1.54) is 6.42 Å². The molecule has 0 fully saturated rings. The van der Waals surface area contributed by atoms with Gasteiger partial charge in [0.25, 0.3) is 5.91 Å². The topological polar surface area (TPSA) is 59.8 Å². The van der Waals surface area contributed by atoms with Crippen LogP contribution in [0.15, 0.2) is 48.5 Å². The third-order valence-electron chi connectivity index (χ3n) is 4.35. The molecular formula is C19H17ClN4O. The van der Waals surface area contributed by atoms with Crippen LogP contribution >= 0.6 is 11.6 Å². The van der Waals surface area contributed by atoms with Gasteiger partial charge in [0.15, 0.2) is 5.82 Å². The van der Waals surface area contributed by atoms with Crippen LogP contribution in [-0.4, -0.2) is 20.7 Å². The Kier molecular flexibility index (Phi) is 4.24. The van der Waals surface area contributed by atoms with Crippen molar-refractivity contribution < 1.29 is 4.79 Å². The average Bonchev–Trinajstić information content (AvgIpc) is 3.06. The molecule has 5 nitrogen and oxygen atoms in total. The Labute approximate surface area is 150 Å². The second kappa shape index (κ2) is 6.69. The lowest BCUT2D eigenvalue weighted by Gasteiger charge is -2.14. The Hall–Kier alpha value is -2.66. The fourth-order valence-electron chi connectivity index (χ4n) is 3.06. The SMILES string of the molecule is O=C(Nc1ccc(-c2nnc3n2CCCC3)cc1)c1cccc(Cl)c1. The van der Waals surface area contributed by atoms with Gasteiger partial charge in [-0.3, -0.25) is 4.79 Å². The number of amides is 1. The fourth-order valence-corrected chi connectivity index (χ4v) is 3.25. The summed E-state index contributed by atoms with van der Waals surface area (Å²) in [6.07, 6.45) is 3.32. The fraction of sp³-hybridized carbons (Fsp3) is 0.211. The highest BCUT2D eigenvalue weighted by Crippen LogP contribution is 2.24. The van der Waals surface area contributed by atoms with Crippen LogP contribution in [0.5, 0.6) is 0 Å². The minimum Gasteiger partial charge on any atom is -0.322 e. The van der Waals surface area contributed by atoms with Crippen LogP contribution in [0.4, 0.5) is 5.69 Å². The molecule has 2 heterocycles. The third kappa shape index (κ3) is 3.28. The highest BCUT2D eigenvalue weighted by atomic mass is 35.5. The molecule has 0 saturated carbocycles. The average molecular weight is 353 g/mol. The van der Waals surface area contributed by atoms with Crippen LogP contribution in [0.1, 0.15) is 29.0 Å². The Bertz CT molecular complexity index is 917. The van der Waals surface area contributed by atoms with E-state index in [4.69, 9.17) is 11.6 Å². The molecule has 1 aliphatic heterocycles. The van der Waals surface area contributed by atoms with Gasteiger partial charge in [-0.1, -0.05) is 17.7 Å². The highest BCUT2D eigenvalue weighted by Gasteiger charge is 2.16. The van der Waals surface area contributed by atoms with E-state index >= 15 is 0 Å². The van der Waals surface area contributed by atoms with E-state index in [1.54, 1.807) is 24.3 Å². The number of carbonyl (C=O) groups is 1. The summed E-state index contributed by atoms with van der Waals surface area (Å²) >= 11 is 5.93. The molecule has 0 atom stereocenters. The van der Waals surface area contributed by atoms with Gasteiger partial charge < -0.3 is 9.88 Å². The number of aromatic nitrogens is 3. The molecule has 0 spiro atoms. The van der Waals surface area contributed by atoms with Crippen molar-refractivity contribution in [2.24, 2.45) is 0 Å². The number of nitrogens with one attached hydrogen (secondary N) is 1. The molecule has 0 bridgehead atoms. The van der Waals surface area contributed by atoms with Crippen LogP contribution in [0.3, 0.4) is 0 Å². The molecule has 2 aromatic carbocycles. The molecule has 1 aromatic heterocycles. The molecule has 126 valence electrons. The number of anilines is 1. The summed E-state index contributed by atoms with van der Waals surface area (Å²) < 4.78 is 2.18. The number of carbonyl (C=O) groups excluding carboxylic acids is 1. The van der Waals surface area contributed by atoms with Crippen molar-refractivity contribution in [1.82, 2.24) is 14.8 Å². The van der Waals surface area contributed by atoms with Crippen molar-refractivity contribution in [3.8, 4) is 11.4 Å². The quantitative estimate of drug-likeness (QED) is 0.769. The maximum Gasteiger partial charge on any atom is 0.255 e. The molecule has 0 radical (unpaired) electrons. The van der Waals surface area contributed by atoms with Crippen LogP contribution in [-0.2, 0) is 13.0 Å². The Morgan fingerprint density at radius 1 is 1.08 bits per heavy atom. The molecule has 4 rings (SSSR count). The van der Waals surface area contributed by atoms with E-state index in [2.05, 4.69) is 20.1 Å². The standard InChI is InChI=1S/C19H17ClN4O/c20-15-5-3-4-14(12-15)19(25)21-16-9-7-13(8-10-16)18-23-22-17-6-1-2-11-24(17)18/h3-5,7-10,12H,1-2,6,11H2,(H,21,25). The number of fused-ring (bicyclic) bond motifs is 1. The van der Waals surface area contributed by atoms with Crippen molar-refractivity contribution in [2.75, 3.05) is 5.32 Å². The first-order valence-corrected chi connectivity index (χ1v) is 8.68. The second-order valence-corrected chi connectivity index (χ2v) is 6.53. The monoisotopic (exact) mass is 352 g/mol. The predicted octanol–water partition coefficient (Wildman–Crippen LogP) is 4.19. The molecule has 25 heavy (non-hydrogen) atoms. The Balaban J connectivity index is 1.52. The zero-order valence-corrected chi connectivity index (χ0v) is 14.3. The molecule has 0 saturated heterocycles. The molecule has 1 aliphatic rings. The van der Waals surface area contributed by atoms with Crippen LogP contribution in [0.25, 0.3) is 11.4 Å². The van der Waals surface area contributed by atoms with Gasteiger partial charge in [0.05, 0.1) is 0 Å². The number of hydrogen-bond acceptors (Lipinski definition) is 3. The van der Waals surface area contributed by atoms with E-state index in [9.17, 15) is 4.79 Å². The number of aryl methyl sites for hydroxylation is 1. The Morgan fingerprint density at radius 3 is 2.72 bits per heavy atom. The minimum absolute atomic E-state index is 0.185. The number of rotatable bonds is 3. The molecule has 6 heteroatoms. The maximum absolute atomic E-state index is 12.3. The van der Waals surface area contributed by atoms with Gasteiger partial charge in [-0.05, 0) is 55.3 Å². The summed E-state index contributed by atoms with van der Waals surface area (Å²) in [6, 6.07) is 14.6. The smallest absolute Gasteiger partial charge is 0.255 e. The van der Waals surface area contributed by atoms with Gasteiger partial charge in [-0.25, -0.2) is 0 Å². The highest BCUT2D eigenvalue weighted by molar-refractivity contribution is 6.31. The van der Waals surface area contributed by atoms with Crippen molar-refractivity contribution in [1.29, 1.82) is 0 Å². The lowest BCUT2D eigenvalue weighted by Crippen LogP contribution is -2.12. The number of benzene rings is 2. The summed E-state index contributed by atoms with van der Waals surface area (Å²) in [4.78, 5) is 12.3. The molecule has 0 unspecified atom stereocenters. The van der Waals surface area contributed by atoms with Crippen LogP contribution < -0.4 is 5.32 Å². The first kappa shape index (κ1) is 15.8. The number of halogens is 1. The van der Waals surface area contributed by atoms with Crippen molar-refractivity contribution in [3.63, 3.8) is 0 Å². The van der Waals surface area contributed by atoms with Gasteiger partial charge in [0.1, 0.15) is 5.82 Å². The number of nitrogens with zero attached hydrogens (tertiary/aromatic N) is 3. The largest absolute Gasteiger partial charge is 0.322 e. The van der Waals surface area contributed by atoms with Crippen molar-refractivity contribution >= 4 is 23.2 Å². The Morgan fingerprint density at radius 2 is 1.92 bits per heavy atom. The molecular weight excluding hydrogens is 336 g/mol. The van der Waals surface area contributed by atoms with E-state index in [0.717, 1.165) is 42.3 Å². The van der Waals surface area contributed by atoms with Crippen LogP contribution in [0, 0.1) is 0 Å². The van der Waals surface area contributed by atoms with Crippen molar-refractivity contribution in [3.05, 3.63) is 64.9 Å². The minimum atomic E-state index is -0.185. The first-order valence-electron chi connectivity index (χ1n) is 8.30. The molecule has 0 aliphatic carbocycles. The summed E-state index contributed by atoms with van der Waals surface area (Å²) in [5.74, 6) is 1.76. The zero-order valence-electron chi connectivity index (χ0n) is 13.6. The van der Waals surface area contributed by atoms with Crippen molar-refractivity contribution in [2.45, 2.75) is 25.8 Å². The normalized spacial score (nSPS) is 13.3. The van der Waals surface area contributed by atoms with Gasteiger partial charge in [-0.2, -0.15) is 0 Å². The second-order valence-electron chi connectivity index (χ2n) is 6.09. The van der Waals surface area contributed by atoms with E-state index in [1.807, 2.05) is 24.3 Å². The predicted molar refractivity (Wildman–Crippen MR) is 97.8 cm³/mol.